The van der Waals surface area contributed by atoms with Crippen LogP contribution in [0.2, 0.25) is 0 Å². The average Bonchev–Trinajstić information content (AvgIpc) is 2.63. The Morgan fingerprint density at radius 1 is 1.24 bits per heavy atom. The number of oxazole rings is 1. The number of aryl methyl sites for hydroxylation is 1. The lowest BCUT2D eigenvalue weighted by atomic mass is 10.1. The van der Waals surface area contributed by atoms with Crippen molar-refractivity contribution in [3.63, 3.8) is 0 Å². The van der Waals surface area contributed by atoms with Gasteiger partial charge in [-0.1, -0.05) is 6.07 Å². The topological polar surface area (TPSA) is 26.0 Å². The Hall–Kier alpha value is -1.85. The van der Waals surface area contributed by atoms with Crippen LogP contribution in [0.5, 0.6) is 0 Å². The molecule has 2 nitrogen and oxygen atoms in total. The Morgan fingerprint density at radius 2 is 1.94 bits per heavy atom. The van der Waals surface area contributed by atoms with E-state index in [9.17, 15) is 17.6 Å². The van der Waals surface area contributed by atoms with Crippen LogP contribution in [-0.2, 0) is 6.18 Å². The molecular formula is C11H7F4NO. The fraction of sp³-hybridized carbons (Fsp3) is 0.182. The smallest absolute Gasteiger partial charge is 0.419 e. The van der Waals surface area contributed by atoms with Crippen molar-refractivity contribution in [1.29, 1.82) is 0 Å². The summed E-state index contributed by atoms with van der Waals surface area (Å²) in [5.74, 6) is -1.13. The van der Waals surface area contributed by atoms with Crippen molar-refractivity contribution < 1.29 is 22.0 Å². The van der Waals surface area contributed by atoms with E-state index in [1.165, 1.54) is 12.3 Å². The molecule has 2 aromatic rings. The molecule has 1 heterocycles. The zero-order valence-corrected chi connectivity index (χ0v) is 8.68. The first-order valence-electron chi connectivity index (χ1n) is 4.68. The zero-order valence-electron chi connectivity index (χ0n) is 8.68. The molecule has 0 aliphatic heterocycles. The molecule has 2 rings (SSSR count). The molecule has 0 aliphatic rings. The molecule has 0 saturated carbocycles. The van der Waals surface area contributed by atoms with Crippen LogP contribution in [-0.4, -0.2) is 4.98 Å². The van der Waals surface area contributed by atoms with Crippen molar-refractivity contribution in [3.05, 3.63) is 41.5 Å². The number of rotatable bonds is 1. The van der Waals surface area contributed by atoms with Crippen LogP contribution in [0.4, 0.5) is 17.6 Å². The predicted octanol–water partition coefficient (Wildman–Crippen LogP) is 3.81. The van der Waals surface area contributed by atoms with E-state index >= 15 is 0 Å². The number of aromatic nitrogens is 1. The van der Waals surface area contributed by atoms with E-state index in [1.54, 1.807) is 6.92 Å². The minimum absolute atomic E-state index is 0.161. The summed E-state index contributed by atoms with van der Waals surface area (Å²) >= 11 is 0. The first kappa shape index (κ1) is 11.6. The summed E-state index contributed by atoms with van der Waals surface area (Å²) in [6, 6.07) is 2.98. The second kappa shape index (κ2) is 3.87. The molecule has 1 aromatic carbocycles. The van der Waals surface area contributed by atoms with E-state index in [2.05, 4.69) is 4.98 Å². The predicted molar refractivity (Wildman–Crippen MR) is 51.6 cm³/mol. The van der Waals surface area contributed by atoms with Gasteiger partial charge >= 0.3 is 6.18 Å². The van der Waals surface area contributed by atoms with Crippen LogP contribution < -0.4 is 0 Å². The van der Waals surface area contributed by atoms with Gasteiger partial charge in [0.2, 0.25) is 5.89 Å². The molecule has 6 heteroatoms. The van der Waals surface area contributed by atoms with Crippen molar-refractivity contribution in [1.82, 2.24) is 4.98 Å². The highest BCUT2D eigenvalue weighted by molar-refractivity contribution is 5.56. The third kappa shape index (κ3) is 2.15. The summed E-state index contributed by atoms with van der Waals surface area (Å²) in [6.07, 6.45) is -3.42. The summed E-state index contributed by atoms with van der Waals surface area (Å²) in [6.45, 7) is 1.57. The number of nitrogens with zero attached hydrogens (tertiary/aromatic N) is 1. The highest BCUT2D eigenvalue weighted by Crippen LogP contribution is 2.35. The first-order chi connectivity index (χ1) is 7.89. The van der Waals surface area contributed by atoms with Crippen molar-refractivity contribution in [2.45, 2.75) is 13.1 Å². The van der Waals surface area contributed by atoms with Gasteiger partial charge in [0.15, 0.2) is 0 Å². The lowest BCUT2D eigenvalue weighted by Crippen LogP contribution is -2.08. The van der Waals surface area contributed by atoms with Gasteiger partial charge in [0.05, 0.1) is 17.3 Å². The van der Waals surface area contributed by atoms with Gasteiger partial charge in [-0.15, -0.1) is 0 Å². The number of hydrogen-bond acceptors (Lipinski definition) is 2. The fourth-order valence-electron chi connectivity index (χ4n) is 1.40. The highest BCUT2D eigenvalue weighted by Gasteiger charge is 2.35. The maximum atomic E-state index is 13.6. The Kier molecular flexibility index (Phi) is 2.65. The zero-order chi connectivity index (χ0) is 12.6. The first-order valence-corrected chi connectivity index (χ1v) is 4.68. The summed E-state index contributed by atoms with van der Waals surface area (Å²) in [4.78, 5) is 3.70. The molecule has 0 atom stereocenters. The molecule has 0 saturated heterocycles. The van der Waals surface area contributed by atoms with E-state index in [0.717, 1.165) is 6.07 Å². The fourth-order valence-corrected chi connectivity index (χ4v) is 1.40. The van der Waals surface area contributed by atoms with Crippen LogP contribution in [0.1, 0.15) is 11.3 Å². The maximum absolute atomic E-state index is 13.6. The van der Waals surface area contributed by atoms with Crippen LogP contribution >= 0.6 is 0 Å². The second-order valence-electron chi connectivity index (χ2n) is 3.44. The van der Waals surface area contributed by atoms with Crippen LogP contribution in [0, 0.1) is 12.7 Å². The van der Waals surface area contributed by atoms with Crippen LogP contribution in [0.25, 0.3) is 11.5 Å². The minimum Gasteiger partial charge on any atom is -0.441 e. The van der Waals surface area contributed by atoms with Crippen molar-refractivity contribution in [3.8, 4) is 11.5 Å². The van der Waals surface area contributed by atoms with Gasteiger partial charge in [-0.2, -0.15) is 13.2 Å². The summed E-state index contributed by atoms with van der Waals surface area (Å²) in [5.41, 5.74) is -1.63. The number of benzene rings is 1. The molecule has 0 fully saturated rings. The molecule has 0 aliphatic carbocycles. The van der Waals surface area contributed by atoms with E-state index in [4.69, 9.17) is 4.42 Å². The van der Waals surface area contributed by atoms with Crippen molar-refractivity contribution in [2.24, 2.45) is 0 Å². The van der Waals surface area contributed by atoms with Gasteiger partial charge < -0.3 is 4.42 Å². The van der Waals surface area contributed by atoms with Crippen LogP contribution in [0.15, 0.2) is 28.8 Å². The molecule has 0 radical (unpaired) electrons. The summed E-state index contributed by atoms with van der Waals surface area (Å²) in [5, 5.41) is 0. The maximum Gasteiger partial charge on any atom is 0.419 e. The van der Waals surface area contributed by atoms with Gasteiger partial charge in [0, 0.05) is 0 Å². The largest absolute Gasteiger partial charge is 0.441 e. The van der Waals surface area contributed by atoms with E-state index in [1.807, 2.05) is 0 Å². The van der Waals surface area contributed by atoms with Gasteiger partial charge in [-0.05, 0) is 19.1 Å². The number of alkyl halides is 3. The van der Waals surface area contributed by atoms with Crippen molar-refractivity contribution >= 4 is 0 Å². The van der Waals surface area contributed by atoms with Gasteiger partial charge in [-0.3, -0.25) is 0 Å². The molecule has 0 unspecified atom stereocenters. The molecule has 1 aromatic heterocycles. The monoisotopic (exact) mass is 245 g/mol. The molecule has 90 valence electrons. The average molecular weight is 245 g/mol. The second-order valence-corrected chi connectivity index (χ2v) is 3.44. The Balaban J connectivity index is 2.57. The van der Waals surface area contributed by atoms with E-state index in [-0.39, 0.29) is 11.5 Å². The third-order valence-electron chi connectivity index (χ3n) is 2.16. The molecule has 0 bridgehead atoms. The molecule has 0 amide bonds. The van der Waals surface area contributed by atoms with Gasteiger partial charge in [-0.25, -0.2) is 9.37 Å². The molecule has 0 spiro atoms. The Bertz CT molecular complexity index is 545. The Morgan fingerprint density at radius 3 is 2.47 bits per heavy atom. The van der Waals surface area contributed by atoms with Crippen molar-refractivity contribution in [2.75, 3.05) is 0 Å². The lowest BCUT2D eigenvalue weighted by molar-refractivity contribution is -0.139. The van der Waals surface area contributed by atoms with Crippen LogP contribution in [0.3, 0.4) is 0 Å². The number of halogens is 4. The van der Waals surface area contributed by atoms with Gasteiger partial charge in [0.25, 0.3) is 0 Å². The minimum atomic E-state index is -4.73. The van der Waals surface area contributed by atoms with E-state index < -0.39 is 17.6 Å². The normalized spacial score (nSPS) is 11.8. The summed E-state index contributed by atoms with van der Waals surface area (Å²) in [7, 11) is 0. The SMILES string of the molecule is Cc1cnc(-c2cccc(C(F)(F)F)c2F)o1. The lowest BCUT2D eigenvalue weighted by Gasteiger charge is -2.09. The molecule has 0 N–H and O–H groups in total. The number of hydrogen-bond donors (Lipinski definition) is 0. The van der Waals surface area contributed by atoms with E-state index in [0.29, 0.717) is 11.8 Å². The summed E-state index contributed by atoms with van der Waals surface area (Å²) < 4.78 is 56.0. The quantitative estimate of drug-likeness (QED) is 0.714. The third-order valence-corrected chi connectivity index (χ3v) is 2.16. The molecule has 17 heavy (non-hydrogen) atoms. The Labute approximate surface area is 93.9 Å². The molecular weight excluding hydrogens is 238 g/mol. The highest BCUT2D eigenvalue weighted by atomic mass is 19.4. The standard InChI is InChI=1S/C11H7F4NO/c1-6-5-16-10(17-6)7-3-2-4-8(9(7)12)11(13,14)15/h2-5H,1H3. The van der Waals surface area contributed by atoms with Gasteiger partial charge in [0.1, 0.15) is 11.6 Å².